The molecule has 2 heterocycles. The second kappa shape index (κ2) is 4.56. The van der Waals surface area contributed by atoms with Gasteiger partial charge in [-0.15, -0.1) is 0 Å². The SMILES string of the molecule is CS(=O)(=O)N1CCC2(CC1)CC(=O)c1ccccc1O2. The first-order chi connectivity index (χ1) is 9.40. The third kappa shape index (κ3) is 2.33. The van der Waals surface area contributed by atoms with Crippen LogP contribution in [0, 0.1) is 0 Å². The van der Waals surface area contributed by atoms with Gasteiger partial charge < -0.3 is 4.74 Å². The highest BCUT2D eigenvalue weighted by Crippen LogP contribution is 2.39. The molecule has 1 saturated heterocycles. The fraction of sp³-hybridized carbons (Fsp3) is 0.500. The molecule has 0 N–H and O–H groups in total. The number of piperidine rings is 1. The minimum atomic E-state index is -3.16. The van der Waals surface area contributed by atoms with Gasteiger partial charge in [-0.3, -0.25) is 4.79 Å². The number of para-hydroxylation sites is 1. The van der Waals surface area contributed by atoms with E-state index in [1.165, 1.54) is 10.6 Å². The smallest absolute Gasteiger partial charge is 0.211 e. The number of Topliss-reactive ketones (excluding diaryl/α,β-unsaturated/α-hetero) is 1. The third-order valence-corrected chi connectivity index (χ3v) is 5.40. The van der Waals surface area contributed by atoms with E-state index < -0.39 is 15.6 Å². The zero-order valence-corrected chi connectivity index (χ0v) is 12.1. The Bertz CT molecular complexity index is 645. The lowest BCUT2D eigenvalue weighted by Crippen LogP contribution is -2.52. The molecule has 2 aliphatic heterocycles. The molecule has 0 atom stereocenters. The molecule has 0 amide bonds. The summed E-state index contributed by atoms with van der Waals surface area (Å²) in [5.41, 5.74) is 0.0933. The van der Waals surface area contributed by atoms with Crippen molar-refractivity contribution in [1.82, 2.24) is 4.31 Å². The standard InChI is InChI=1S/C14H17NO4S/c1-20(17,18)15-8-6-14(7-9-15)10-12(16)11-4-2-3-5-13(11)19-14/h2-5H,6-10H2,1H3. The number of benzene rings is 1. The first kappa shape index (κ1) is 13.6. The normalized spacial score (nSPS) is 22.4. The number of rotatable bonds is 1. The number of hydrogen-bond acceptors (Lipinski definition) is 4. The van der Waals surface area contributed by atoms with E-state index in [0.29, 0.717) is 43.7 Å². The Kier molecular flexibility index (Phi) is 3.10. The second-order valence-electron chi connectivity index (χ2n) is 5.54. The fourth-order valence-electron chi connectivity index (χ4n) is 2.95. The second-order valence-corrected chi connectivity index (χ2v) is 7.53. The van der Waals surface area contributed by atoms with Gasteiger partial charge in [-0.1, -0.05) is 12.1 Å². The molecule has 1 spiro atoms. The molecular weight excluding hydrogens is 278 g/mol. The number of sulfonamides is 1. The van der Waals surface area contributed by atoms with Gasteiger partial charge in [0, 0.05) is 25.9 Å². The predicted octanol–water partition coefficient (Wildman–Crippen LogP) is 1.45. The number of ether oxygens (including phenoxy) is 1. The van der Waals surface area contributed by atoms with E-state index in [4.69, 9.17) is 4.74 Å². The lowest BCUT2D eigenvalue weighted by atomic mass is 9.83. The quantitative estimate of drug-likeness (QED) is 0.786. The Hall–Kier alpha value is -1.40. The highest BCUT2D eigenvalue weighted by Gasteiger charge is 2.44. The van der Waals surface area contributed by atoms with Gasteiger partial charge in [-0.05, 0) is 12.1 Å². The van der Waals surface area contributed by atoms with Crippen molar-refractivity contribution in [3.8, 4) is 5.75 Å². The molecule has 3 rings (SSSR count). The van der Waals surface area contributed by atoms with Crippen LogP contribution in [0.5, 0.6) is 5.75 Å². The first-order valence-corrected chi connectivity index (χ1v) is 8.51. The van der Waals surface area contributed by atoms with Crippen molar-refractivity contribution in [3.63, 3.8) is 0 Å². The maximum atomic E-state index is 12.2. The summed E-state index contributed by atoms with van der Waals surface area (Å²) in [7, 11) is -3.16. The number of carbonyl (C=O) groups is 1. The van der Waals surface area contributed by atoms with Crippen LogP contribution < -0.4 is 4.74 Å². The molecule has 1 fully saturated rings. The Labute approximate surface area is 118 Å². The van der Waals surface area contributed by atoms with Gasteiger partial charge in [0.05, 0.1) is 18.2 Å². The predicted molar refractivity (Wildman–Crippen MR) is 74.4 cm³/mol. The van der Waals surface area contributed by atoms with Crippen molar-refractivity contribution in [1.29, 1.82) is 0 Å². The van der Waals surface area contributed by atoms with Gasteiger partial charge >= 0.3 is 0 Å². The van der Waals surface area contributed by atoms with Gasteiger partial charge in [0.15, 0.2) is 5.78 Å². The molecule has 0 aliphatic carbocycles. The van der Waals surface area contributed by atoms with Crippen molar-refractivity contribution in [2.45, 2.75) is 24.9 Å². The van der Waals surface area contributed by atoms with Crippen LogP contribution in [0.3, 0.4) is 0 Å². The molecule has 2 aliphatic rings. The summed E-state index contributed by atoms with van der Waals surface area (Å²) in [6.07, 6.45) is 2.66. The van der Waals surface area contributed by atoms with Crippen LogP contribution in [0.25, 0.3) is 0 Å². The molecule has 0 saturated carbocycles. The molecule has 6 heteroatoms. The molecule has 108 valence electrons. The lowest BCUT2D eigenvalue weighted by molar-refractivity contribution is 0.00602. The maximum Gasteiger partial charge on any atom is 0.211 e. The zero-order valence-electron chi connectivity index (χ0n) is 11.3. The van der Waals surface area contributed by atoms with Crippen LogP contribution in [0.1, 0.15) is 29.6 Å². The van der Waals surface area contributed by atoms with Gasteiger partial charge in [0.2, 0.25) is 10.0 Å². The van der Waals surface area contributed by atoms with Crippen LogP contribution in [0.15, 0.2) is 24.3 Å². The van der Waals surface area contributed by atoms with Crippen molar-refractivity contribution in [3.05, 3.63) is 29.8 Å². The minimum Gasteiger partial charge on any atom is -0.486 e. The van der Waals surface area contributed by atoms with Gasteiger partial charge in [0.1, 0.15) is 11.4 Å². The Morgan fingerprint density at radius 1 is 1.20 bits per heavy atom. The van der Waals surface area contributed by atoms with E-state index in [-0.39, 0.29) is 5.78 Å². The summed E-state index contributed by atoms with van der Waals surface area (Å²) < 4.78 is 30.6. The summed E-state index contributed by atoms with van der Waals surface area (Å²) in [6, 6.07) is 7.24. The summed E-state index contributed by atoms with van der Waals surface area (Å²) in [6.45, 7) is 0.822. The molecule has 1 aromatic rings. The fourth-order valence-corrected chi connectivity index (χ4v) is 3.79. The average Bonchev–Trinajstić information content (AvgIpc) is 2.38. The van der Waals surface area contributed by atoms with Crippen molar-refractivity contribution in [2.75, 3.05) is 19.3 Å². The lowest BCUT2D eigenvalue weighted by Gasteiger charge is -2.43. The molecule has 20 heavy (non-hydrogen) atoms. The highest BCUT2D eigenvalue weighted by molar-refractivity contribution is 7.88. The van der Waals surface area contributed by atoms with E-state index >= 15 is 0 Å². The largest absolute Gasteiger partial charge is 0.486 e. The maximum absolute atomic E-state index is 12.2. The van der Waals surface area contributed by atoms with Gasteiger partial charge in [-0.2, -0.15) is 0 Å². The minimum absolute atomic E-state index is 0.0830. The van der Waals surface area contributed by atoms with Crippen LogP contribution >= 0.6 is 0 Å². The Balaban J connectivity index is 1.82. The van der Waals surface area contributed by atoms with Gasteiger partial charge in [-0.25, -0.2) is 12.7 Å². The summed E-state index contributed by atoms with van der Waals surface area (Å²) in [5.74, 6) is 0.705. The number of ketones is 1. The third-order valence-electron chi connectivity index (χ3n) is 4.10. The highest BCUT2D eigenvalue weighted by atomic mass is 32.2. The van der Waals surface area contributed by atoms with E-state index in [0.717, 1.165) is 0 Å². The molecule has 0 radical (unpaired) electrons. The average molecular weight is 295 g/mol. The van der Waals surface area contributed by atoms with Crippen LogP contribution in [-0.4, -0.2) is 43.5 Å². The van der Waals surface area contributed by atoms with Crippen molar-refractivity contribution in [2.24, 2.45) is 0 Å². The van der Waals surface area contributed by atoms with E-state index in [9.17, 15) is 13.2 Å². The molecule has 0 unspecified atom stereocenters. The van der Waals surface area contributed by atoms with Gasteiger partial charge in [0.25, 0.3) is 0 Å². The number of hydrogen-bond donors (Lipinski definition) is 0. The number of nitrogens with zero attached hydrogens (tertiary/aromatic N) is 1. The molecule has 0 bridgehead atoms. The summed E-state index contributed by atoms with van der Waals surface area (Å²) >= 11 is 0. The zero-order chi connectivity index (χ0) is 14.4. The Morgan fingerprint density at radius 2 is 1.85 bits per heavy atom. The summed E-state index contributed by atoms with van der Waals surface area (Å²) in [5, 5.41) is 0. The van der Waals surface area contributed by atoms with Crippen LogP contribution in [0.2, 0.25) is 0 Å². The van der Waals surface area contributed by atoms with E-state index in [2.05, 4.69) is 0 Å². The van der Waals surface area contributed by atoms with Crippen molar-refractivity contribution < 1.29 is 17.9 Å². The monoisotopic (exact) mass is 295 g/mol. The van der Waals surface area contributed by atoms with E-state index in [1.807, 2.05) is 12.1 Å². The summed E-state index contributed by atoms with van der Waals surface area (Å²) in [4.78, 5) is 12.2. The topological polar surface area (TPSA) is 63.7 Å². The molecule has 0 aromatic heterocycles. The number of fused-ring (bicyclic) bond motifs is 1. The molecule has 5 nitrogen and oxygen atoms in total. The first-order valence-electron chi connectivity index (χ1n) is 6.66. The van der Waals surface area contributed by atoms with Crippen LogP contribution in [-0.2, 0) is 10.0 Å². The molecular formula is C14H17NO4S. The number of carbonyl (C=O) groups excluding carboxylic acids is 1. The van der Waals surface area contributed by atoms with Crippen LogP contribution in [0.4, 0.5) is 0 Å². The van der Waals surface area contributed by atoms with E-state index in [1.54, 1.807) is 12.1 Å². The Morgan fingerprint density at radius 3 is 2.50 bits per heavy atom. The molecule has 1 aromatic carbocycles. The van der Waals surface area contributed by atoms with Crippen molar-refractivity contribution >= 4 is 15.8 Å².